The Bertz CT molecular complexity index is 3340. The first-order chi connectivity index (χ1) is 31.4. The SMILES string of the molecule is CC(C)c1cc(B(c2cccc3ccccc23)c2cccc3ccccc23)c2ccc3c(B(c4cccc5ccccc45)c4cccc5ccccc45)cc(C(C)C)c4ccc1c2c34. The van der Waals surface area contributed by atoms with Gasteiger partial charge in [0.25, 0.3) is 0 Å². The second-order valence-corrected chi connectivity index (χ2v) is 18.6. The second kappa shape index (κ2) is 15.3. The van der Waals surface area contributed by atoms with Crippen molar-refractivity contribution in [2.45, 2.75) is 39.5 Å². The zero-order chi connectivity index (χ0) is 43.1. The van der Waals surface area contributed by atoms with Crippen LogP contribution in [0.15, 0.2) is 206 Å². The molecule has 0 fully saturated rings. The number of rotatable bonds is 8. The molecule has 2 heteroatoms. The zero-order valence-electron chi connectivity index (χ0n) is 36.9. The molecule has 0 amide bonds. The molecule has 0 aliphatic heterocycles. The summed E-state index contributed by atoms with van der Waals surface area (Å²) in [6, 6.07) is 78.5. The van der Waals surface area contributed by atoms with Gasteiger partial charge < -0.3 is 0 Å². The molecule has 12 aromatic carbocycles. The Hall–Kier alpha value is -7.15. The Morgan fingerprint density at radius 3 is 0.812 bits per heavy atom. The van der Waals surface area contributed by atoms with Crippen LogP contribution >= 0.6 is 0 Å². The van der Waals surface area contributed by atoms with Gasteiger partial charge in [0.2, 0.25) is 13.4 Å². The fourth-order valence-corrected chi connectivity index (χ4v) is 11.6. The fourth-order valence-electron chi connectivity index (χ4n) is 11.6. The highest BCUT2D eigenvalue weighted by atomic mass is 14.2. The van der Waals surface area contributed by atoms with Crippen LogP contribution in [0.3, 0.4) is 0 Å². The van der Waals surface area contributed by atoms with Gasteiger partial charge in [0.15, 0.2) is 0 Å². The lowest BCUT2D eigenvalue weighted by atomic mass is 9.34. The van der Waals surface area contributed by atoms with Crippen molar-refractivity contribution in [3.8, 4) is 0 Å². The number of fused-ring (bicyclic) bond motifs is 4. The summed E-state index contributed by atoms with van der Waals surface area (Å²) < 4.78 is 0. The predicted octanol–water partition coefficient (Wildman–Crippen LogP) is 12.5. The summed E-state index contributed by atoms with van der Waals surface area (Å²) in [5.74, 6) is 0.624. The van der Waals surface area contributed by atoms with E-state index in [0.29, 0.717) is 11.8 Å². The number of benzene rings is 12. The Kier molecular flexibility index (Phi) is 9.20. The molecule has 0 atom stereocenters. The van der Waals surface area contributed by atoms with E-state index in [1.54, 1.807) is 0 Å². The molecule has 0 heterocycles. The normalized spacial score (nSPS) is 12.0. The highest BCUT2D eigenvalue weighted by molar-refractivity contribution is 7.00. The Morgan fingerprint density at radius 2 is 0.516 bits per heavy atom. The molecule has 0 aromatic heterocycles. The summed E-state index contributed by atoms with van der Waals surface area (Å²) in [6.45, 7) is 9.49. The van der Waals surface area contributed by atoms with Gasteiger partial charge in [-0.3, -0.25) is 0 Å². The van der Waals surface area contributed by atoms with Crippen LogP contribution in [-0.4, -0.2) is 13.4 Å². The summed E-state index contributed by atoms with van der Waals surface area (Å²) in [6.07, 6.45) is 0. The van der Waals surface area contributed by atoms with E-state index < -0.39 is 0 Å². The van der Waals surface area contributed by atoms with Crippen LogP contribution in [0.5, 0.6) is 0 Å². The van der Waals surface area contributed by atoms with Crippen molar-refractivity contribution >= 4 is 122 Å². The Morgan fingerprint density at radius 1 is 0.250 bits per heavy atom. The molecular formula is C62H48B2. The largest absolute Gasteiger partial charge is 0.243 e. The van der Waals surface area contributed by atoms with Gasteiger partial charge in [-0.05, 0) is 98.4 Å². The first-order valence-corrected chi connectivity index (χ1v) is 23.1. The van der Waals surface area contributed by atoms with Crippen molar-refractivity contribution < 1.29 is 0 Å². The minimum Gasteiger partial charge on any atom is -0.0663 e. The van der Waals surface area contributed by atoms with Crippen LogP contribution in [0, 0.1) is 0 Å². The van der Waals surface area contributed by atoms with Gasteiger partial charge >= 0.3 is 0 Å². The average molecular weight is 815 g/mol. The van der Waals surface area contributed by atoms with Gasteiger partial charge in [-0.25, -0.2) is 0 Å². The molecule has 0 bridgehead atoms. The molecule has 12 rings (SSSR count). The maximum Gasteiger partial charge on any atom is 0.243 e. The van der Waals surface area contributed by atoms with Crippen LogP contribution < -0.4 is 32.8 Å². The lowest BCUT2D eigenvalue weighted by molar-refractivity contribution is 0.876. The first-order valence-electron chi connectivity index (χ1n) is 23.1. The van der Waals surface area contributed by atoms with E-state index in [9.17, 15) is 0 Å². The summed E-state index contributed by atoms with van der Waals surface area (Å²) in [7, 11) is 0. The van der Waals surface area contributed by atoms with Gasteiger partial charge in [0, 0.05) is 0 Å². The van der Waals surface area contributed by atoms with E-state index in [2.05, 4.69) is 234 Å². The summed E-state index contributed by atoms with van der Waals surface area (Å²) in [5, 5.41) is 18.5. The zero-order valence-corrected chi connectivity index (χ0v) is 36.9. The number of hydrogen-bond donors (Lipinski definition) is 0. The molecule has 0 spiro atoms. The van der Waals surface area contributed by atoms with Crippen molar-refractivity contribution in [2.75, 3.05) is 0 Å². The fraction of sp³-hybridized carbons (Fsp3) is 0.0968. The Labute approximate surface area is 376 Å². The topological polar surface area (TPSA) is 0 Å². The van der Waals surface area contributed by atoms with Crippen molar-refractivity contribution in [3.05, 3.63) is 217 Å². The molecule has 0 N–H and O–H groups in total. The van der Waals surface area contributed by atoms with E-state index in [-0.39, 0.29) is 13.4 Å². The van der Waals surface area contributed by atoms with Crippen LogP contribution in [0.25, 0.3) is 75.4 Å². The highest BCUT2D eigenvalue weighted by Crippen LogP contribution is 2.40. The minimum atomic E-state index is -0.0116. The van der Waals surface area contributed by atoms with Crippen molar-refractivity contribution in [3.63, 3.8) is 0 Å². The highest BCUT2D eigenvalue weighted by Gasteiger charge is 2.33. The van der Waals surface area contributed by atoms with Gasteiger partial charge in [-0.2, -0.15) is 0 Å². The molecule has 0 aliphatic carbocycles. The third-order valence-electron chi connectivity index (χ3n) is 14.4. The molecule has 0 saturated heterocycles. The lowest BCUT2D eigenvalue weighted by Gasteiger charge is -2.28. The van der Waals surface area contributed by atoms with Gasteiger partial charge in [0.05, 0.1) is 0 Å². The van der Waals surface area contributed by atoms with Crippen molar-refractivity contribution in [1.82, 2.24) is 0 Å². The third-order valence-corrected chi connectivity index (χ3v) is 14.4. The molecule has 12 aromatic rings. The maximum absolute atomic E-state index is 2.58. The smallest absolute Gasteiger partial charge is 0.0663 e. The molecule has 302 valence electrons. The summed E-state index contributed by atoms with van der Waals surface area (Å²) in [5.41, 5.74) is 10.9. The van der Waals surface area contributed by atoms with Crippen LogP contribution in [-0.2, 0) is 0 Å². The molecule has 0 nitrogen and oxygen atoms in total. The maximum atomic E-state index is 2.58. The van der Waals surface area contributed by atoms with Crippen molar-refractivity contribution in [2.24, 2.45) is 0 Å². The molecule has 64 heavy (non-hydrogen) atoms. The molecule has 0 unspecified atom stereocenters. The van der Waals surface area contributed by atoms with Crippen LogP contribution in [0.4, 0.5) is 0 Å². The lowest BCUT2D eigenvalue weighted by Crippen LogP contribution is -2.53. The monoisotopic (exact) mass is 814 g/mol. The van der Waals surface area contributed by atoms with E-state index in [1.165, 1.54) is 119 Å². The standard InChI is InChI=1S/C62H48B2/c1-39(2)53-37-59(63(55-29-13-21-41-17-5-9-25-45(41)55)56-30-14-22-42-18-6-10-26-46(42)56)51-35-36-52-60(38-54(40(3)4)50-34-33-49(53)61(51)62(50)52)64(57-31-15-23-43-19-7-11-27-47(43)57)58-32-16-24-44-20-8-12-28-48(44)58/h5-40H,1-4H3. The molecular weight excluding hydrogens is 766 g/mol. The minimum absolute atomic E-state index is 0.0116. The van der Waals surface area contributed by atoms with E-state index in [1.807, 2.05) is 0 Å². The number of hydrogen-bond acceptors (Lipinski definition) is 0. The molecule has 0 radical (unpaired) electrons. The summed E-state index contributed by atoms with van der Waals surface area (Å²) >= 11 is 0. The predicted molar refractivity (Wildman–Crippen MR) is 283 cm³/mol. The van der Waals surface area contributed by atoms with Gasteiger partial charge in [0.1, 0.15) is 0 Å². The van der Waals surface area contributed by atoms with Crippen molar-refractivity contribution in [1.29, 1.82) is 0 Å². The molecule has 0 saturated carbocycles. The quantitative estimate of drug-likeness (QED) is 0.106. The first kappa shape index (κ1) is 38.5. The van der Waals surface area contributed by atoms with E-state index in [0.717, 1.165) is 0 Å². The Balaban J connectivity index is 1.25. The average Bonchev–Trinajstić information content (AvgIpc) is 3.34. The van der Waals surface area contributed by atoms with Gasteiger partial charge in [-0.15, -0.1) is 0 Å². The van der Waals surface area contributed by atoms with E-state index in [4.69, 9.17) is 0 Å². The van der Waals surface area contributed by atoms with Crippen LogP contribution in [0.1, 0.15) is 50.7 Å². The van der Waals surface area contributed by atoms with Crippen LogP contribution in [0.2, 0.25) is 0 Å². The van der Waals surface area contributed by atoms with Gasteiger partial charge in [-0.1, -0.05) is 267 Å². The second-order valence-electron chi connectivity index (χ2n) is 18.6. The van der Waals surface area contributed by atoms with E-state index >= 15 is 0 Å². The summed E-state index contributed by atoms with van der Waals surface area (Å²) in [4.78, 5) is 0. The third kappa shape index (κ3) is 6.00. The molecule has 0 aliphatic rings.